The number of carbonyl (C=O) groups is 1. The maximum Gasteiger partial charge on any atom is 0.251 e. The Hall–Kier alpha value is -1.40. The van der Waals surface area contributed by atoms with Gasteiger partial charge in [0.15, 0.2) is 0 Å². The van der Waals surface area contributed by atoms with Crippen molar-refractivity contribution in [3.63, 3.8) is 0 Å². The molecular weight excluding hydrogens is 324 g/mol. The summed E-state index contributed by atoms with van der Waals surface area (Å²) < 4.78 is 25.2. The fourth-order valence-corrected chi connectivity index (χ4v) is 3.98. The van der Waals surface area contributed by atoms with Gasteiger partial charge in [-0.3, -0.25) is 4.79 Å². The third-order valence-corrected chi connectivity index (χ3v) is 6.44. The largest absolute Gasteiger partial charge is 0.349 e. The number of amides is 1. The first kappa shape index (κ1) is 18.9. The number of hydrogen-bond donors (Lipinski definition) is 1. The summed E-state index contributed by atoms with van der Waals surface area (Å²) in [6.45, 7) is 9.03. The Kier molecular flexibility index (Phi) is 5.71. The average Bonchev–Trinajstić information content (AvgIpc) is 2.54. The van der Waals surface area contributed by atoms with Gasteiger partial charge in [-0.1, -0.05) is 32.9 Å². The van der Waals surface area contributed by atoms with Gasteiger partial charge >= 0.3 is 0 Å². The van der Waals surface area contributed by atoms with Crippen LogP contribution in [0.3, 0.4) is 0 Å². The number of nitrogens with one attached hydrogen (secondary N) is 1. The average molecular weight is 353 g/mol. The van der Waals surface area contributed by atoms with Crippen molar-refractivity contribution in [1.29, 1.82) is 0 Å². The third-order valence-electron chi connectivity index (χ3n) is 4.56. The Morgan fingerprint density at radius 3 is 2.17 bits per heavy atom. The third kappa shape index (κ3) is 4.57. The molecule has 1 saturated heterocycles. The van der Waals surface area contributed by atoms with E-state index in [2.05, 4.69) is 26.1 Å². The van der Waals surface area contributed by atoms with E-state index in [9.17, 15) is 13.2 Å². The molecule has 0 spiro atoms. The van der Waals surface area contributed by atoms with Crippen LogP contribution in [0.5, 0.6) is 0 Å². The van der Waals surface area contributed by atoms with Gasteiger partial charge in [-0.2, -0.15) is 0 Å². The lowest BCUT2D eigenvalue weighted by molar-refractivity contribution is 0.0924. The molecule has 1 heterocycles. The minimum atomic E-state index is -3.12. The summed E-state index contributed by atoms with van der Waals surface area (Å²) in [6.07, 6.45) is 1.32. The number of carbonyl (C=O) groups excluding carboxylic acids is 1. The maximum atomic E-state index is 12.4. The topological polar surface area (TPSA) is 66.5 Å². The molecule has 1 amide bonds. The maximum absolute atomic E-state index is 12.4. The van der Waals surface area contributed by atoms with Crippen molar-refractivity contribution in [1.82, 2.24) is 9.62 Å². The van der Waals surface area contributed by atoms with Gasteiger partial charge in [0.25, 0.3) is 5.91 Å². The molecule has 0 bridgehead atoms. The highest BCUT2D eigenvalue weighted by molar-refractivity contribution is 7.89. The predicted octanol–water partition coefficient (Wildman–Crippen LogP) is 2.53. The van der Waals surface area contributed by atoms with Crippen LogP contribution < -0.4 is 5.32 Å². The van der Waals surface area contributed by atoms with Crippen LogP contribution in [0.2, 0.25) is 0 Å². The van der Waals surface area contributed by atoms with E-state index < -0.39 is 10.0 Å². The second-order valence-corrected chi connectivity index (χ2v) is 9.63. The normalized spacial score (nSPS) is 17.7. The van der Waals surface area contributed by atoms with Gasteiger partial charge in [-0.25, -0.2) is 12.7 Å². The summed E-state index contributed by atoms with van der Waals surface area (Å²) in [5.41, 5.74) is 1.90. The zero-order valence-electron chi connectivity index (χ0n) is 15.0. The van der Waals surface area contributed by atoms with Crippen molar-refractivity contribution in [2.24, 2.45) is 0 Å². The minimum Gasteiger partial charge on any atom is -0.349 e. The summed E-state index contributed by atoms with van der Waals surface area (Å²) in [5.74, 6) is 0.0386. The van der Waals surface area contributed by atoms with Gasteiger partial charge in [0.2, 0.25) is 10.0 Å². The Morgan fingerprint density at radius 1 is 1.17 bits per heavy atom. The van der Waals surface area contributed by atoms with E-state index in [4.69, 9.17) is 0 Å². The molecule has 24 heavy (non-hydrogen) atoms. The molecule has 6 heteroatoms. The second-order valence-electron chi connectivity index (χ2n) is 7.37. The minimum absolute atomic E-state index is 0.0306. The van der Waals surface area contributed by atoms with Gasteiger partial charge in [0.1, 0.15) is 0 Å². The monoisotopic (exact) mass is 352 g/mol. The summed E-state index contributed by atoms with van der Waals surface area (Å²) in [6, 6.07) is 7.72. The molecule has 2 rings (SSSR count). The van der Waals surface area contributed by atoms with Gasteiger partial charge in [0.05, 0.1) is 5.75 Å². The molecular formula is C18H28N2O3S. The lowest BCUT2D eigenvalue weighted by atomic mass is 9.86. The number of hydrogen-bond acceptors (Lipinski definition) is 3. The molecule has 1 aromatic rings. The van der Waals surface area contributed by atoms with Crippen LogP contribution in [0.1, 0.15) is 56.5 Å². The van der Waals surface area contributed by atoms with E-state index in [1.54, 1.807) is 6.92 Å². The Labute approximate surface area is 145 Å². The van der Waals surface area contributed by atoms with Crippen LogP contribution >= 0.6 is 0 Å². The molecule has 1 aromatic carbocycles. The Balaban J connectivity index is 1.92. The molecule has 0 unspecified atom stereocenters. The summed E-state index contributed by atoms with van der Waals surface area (Å²) >= 11 is 0. The first-order chi connectivity index (χ1) is 11.1. The van der Waals surface area contributed by atoms with Crippen LogP contribution in [0.25, 0.3) is 0 Å². The fraction of sp³-hybridized carbons (Fsp3) is 0.611. The number of benzene rings is 1. The number of rotatable bonds is 4. The fourth-order valence-electron chi connectivity index (χ4n) is 2.85. The van der Waals surface area contributed by atoms with Crippen LogP contribution in [-0.4, -0.2) is 43.5 Å². The molecule has 1 aliphatic rings. The van der Waals surface area contributed by atoms with Crippen molar-refractivity contribution in [3.05, 3.63) is 35.4 Å². The molecule has 0 radical (unpaired) electrons. The van der Waals surface area contributed by atoms with Gasteiger partial charge in [0, 0.05) is 24.7 Å². The Bertz CT molecular complexity index is 667. The predicted molar refractivity (Wildman–Crippen MR) is 96.7 cm³/mol. The van der Waals surface area contributed by atoms with E-state index in [1.807, 2.05) is 24.3 Å². The molecule has 0 atom stereocenters. The number of sulfonamides is 1. The van der Waals surface area contributed by atoms with Crippen LogP contribution in [0, 0.1) is 0 Å². The Morgan fingerprint density at radius 2 is 1.71 bits per heavy atom. The second kappa shape index (κ2) is 7.23. The molecule has 0 aromatic heterocycles. The van der Waals surface area contributed by atoms with Crippen molar-refractivity contribution in [2.75, 3.05) is 18.8 Å². The van der Waals surface area contributed by atoms with Crippen LogP contribution in [0.4, 0.5) is 0 Å². The van der Waals surface area contributed by atoms with Gasteiger partial charge < -0.3 is 5.32 Å². The molecule has 134 valence electrons. The highest BCUT2D eigenvalue weighted by atomic mass is 32.2. The summed E-state index contributed by atoms with van der Waals surface area (Å²) in [4.78, 5) is 12.4. The first-order valence-corrected chi connectivity index (χ1v) is 10.1. The SMILES string of the molecule is CCS(=O)(=O)N1CCC(NC(=O)c2ccc(C(C)(C)C)cc2)CC1. The number of piperidine rings is 1. The zero-order chi connectivity index (χ0) is 18.0. The van der Waals surface area contributed by atoms with Crippen molar-refractivity contribution >= 4 is 15.9 Å². The first-order valence-electron chi connectivity index (χ1n) is 8.52. The summed E-state index contributed by atoms with van der Waals surface area (Å²) in [7, 11) is -3.12. The molecule has 0 saturated carbocycles. The lowest BCUT2D eigenvalue weighted by Crippen LogP contribution is -2.46. The van der Waals surface area contributed by atoms with Gasteiger partial charge in [-0.15, -0.1) is 0 Å². The van der Waals surface area contributed by atoms with E-state index in [1.165, 1.54) is 9.87 Å². The van der Waals surface area contributed by atoms with Crippen molar-refractivity contribution < 1.29 is 13.2 Å². The van der Waals surface area contributed by atoms with E-state index in [0.29, 0.717) is 31.5 Å². The smallest absolute Gasteiger partial charge is 0.251 e. The summed E-state index contributed by atoms with van der Waals surface area (Å²) in [5, 5.41) is 3.02. The molecule has 1 aliphatic heterocycles. The van der Waals surface area contributed by atoms with E-state index in [0.717, 1.165) is 0 Å². The molecule has 0 aliphatic carbocycles. The van der Waals surface area contributed by atoms with E-state index >= 15 is 0 Å². The lowest BCUT2D eigenvalue weighted by Gasteiger charge is -2.31. The van der Waals surface area contributed by atoms with Gasteiger partial charge in [-0.05, 0) is 42.9 Å². The van der Waals surface area contributed by atoms with Crippen LogP contribution in [0.15, 0.2) is 24.3 Å². The molecule has 1 fully saturated rings. The van der Waals surface area contributed by atoms with Crippen LogP contribution in [-0.2, 0) is 15.4 Å². The molecule has 5 nitrogen and oxygen atoms in total. The standard InChI is InChI=1S/C18H28N2O3S/c1-5-24(22,23)20-12-10-16(11-13-20)19-17(21)14-6-8-15(9-7-14)18(2,3)4/h6-9,16H,5,10-13H2,1-4H3,(H,19,21). The highest BCUT2D eigenvalue weighted by Crippen LogP contribution is 2.22. The molecule has 1 N–H and O–H groups in total. The number of nitrogens with zero attached hydrogens (tertiary/aromatic N) is 1. The van der Waals surface area contributed by atoms with Crippen molar-refractivity contribution in [2.45, 2.75) is 52.0 Å². The van der Waals surface area contributed by atoms with Crippen molar-refractivity contribution in [3.8, 4) is 0 Å². The highest BCUT2D eigenvalue weighted by Gasteiger charge is 2.27. The zero-order valence-corrected chi connectivity index (χ0v) is 15.8. The van der Waals surface area contributed by atoms with E-state index in [-0.39, 0.29) is 23.1 Å². The quantitative estimate of drug-likeness (QED) is 0.905.